The first-order chi connectivity index (χ1) is 8.65. The van der Waals surface area contributed by atoms with Crippen LogP contribution in [0.3, 0.4) is 0 Å². The summed E-state index contributed by atoms with van der Waals surface area (Å²) in [6, 6.07) is 7.92. The zero-order valence-corrected chi connectivity index (χ0v) is 10.7. The molecule has 3 atom stereocenters. The average Bonchev–Trinajstić information content (AvgIpc) is 2.95. The van der Waals surface area contributed by atoms with Crippen molar-refractivity contribution in [3.8, 4) is 0 Å². The topological polar surface area (TPSA) is 42.6 Å². The van der Waals surface area contributed by atoms with Gasteiger partial charge >= 0.3 is 0 Å². The molecule has 1 saturated heterocycles. The zero-order chi connectivity index (χ0) is 12.7. The van der Waals surface area contributed by atoms with Crippen molar-refractivity contribution >= 4 is 11.0 Å². The molecule has 2 heterocycles. The van der Waals surface area contributed by atoms with Crippen LogP contribution in [0.2, 0.25) is 0 Å². The maximum atomic E-state index is 10.3. The maximum Gasteiger partial charge on any atom is 0.138 e. The molecule has 3 rings (SSSR count). The predicted octanol–water partition coefficient (Wildman–Crippen LogP) is 3.34. The van der Waals surface area contributed by atoms with Gasteiger partial charge in [0.25, 0.3) is 0 Å². The summed E-state index contributed by atoms with van der Waals surface area (Å²) in [6.45, 7) is 4.05. The van der Waals surface area contributed by atoms with Crippen molar-refractivity contribution in [2.75, 3.05) is 0 Å². The predicted molar refractivity (Wildman–Crippen MR) is 69.5 cm³/mol. The van der Waals surface area contributed by atoms with Crippen LogP contribution in [0.5, 0.6) is 0 Å². The number of hydrogen-bond acceptors (Lipinski definition) is 3. The van der Waals surface area contributed by atoms with Crippen LogP contribution in [0.4, 0.5) is 0 Å². The normalized spacial score (nSPS) is 25.7. The fourth-order valence-corrected chi connectivity index (χ4v) is 2.62. The molecule has 0 radical (unpaired) electrons. The second-order valence-electron chi connectivity index (χ2n) is 5.15. The number of hydrogen-bond donors (Lipinski definition) is 1. The molecule has 2 aromatic rings. The van der Waals surface area contributed by atoms with Crippen molar-refractivity contribution in [2.24, 2.45) is 0 Å². The van der Waals surface area contributed by atoms with Crippen LogP contribution in [0, 0.1) is 6.92 Å². The Kier molecular flexibility index (Phi) is 2.88. The van der Waals surface area contributed by atoms with Crippen molar-refractivity contribution in [1.29, 1.82) is 0 Å². The Morgan fingerprint density at radius 3 is 2.83 bits per heavy atom. The highest BCUT2D eigenvalue weighted by atomic mass is 16.5. The molecule has 1 aliphatic heterocycles. The number of benzene rings is 1. The first kappa shape index (κ1) is 11.8. The Hall–Kier alpha value is -1.32. The van der Waals surface area contributed by atoms with E-state index in [1.807, 2.05) is 38.1 Å². The Morgan fingerprint density at radius 2 is 2.17 bits per heavy atom. The molecule has 1 aromatic carbocycles. The van der Waals surface area contributed by atoms with E-state index in [1.54, 1.807) is 0 Å². The van der Waals surface area contributed by atoms with Crippen molar-refractivity contribution < 1.29 is 14.3 Å². The van der Waals surface area contributed by atoms with Crippen LogP contribution in [-0.4, -0.2) is 17.3 Å². The summed E-state index contributed by atoms with van der Waals surface area (Å²) < 4.78 is 11.5. The number of rotatable bonds is 2. The van der Waals surface area contributed by atoms with Gasteiger partial charge in [0.05, 0.1) is 12.2 Å². The van der Waals surface area contributed by atoms with Gasteiger partial charge in [-0.05, 0) is 38.3 Å². The van der Waals surface area contributed by atoms with Gasteiger partial charge in [-0.15, -0.1) is 0 Å². The monoisotopic (exact) mass is 246 g/mol. The minimum atomic E-state index is -0.665. The van der Waals surface area contributed by atoms with Gasteiger partial charge < -0.3 is 14.3 Å². The molecule has 1 aliphatic rings. The minimum absolute atomic E-state index is 0.138. The Bertz CT molecular complexity index is 558. The zero-order valence-electron chi connectivity index (χ0n) is 10.7. The van der Waals surface area contributed by atoms with E-state index in [-0.39, 0.29) is 12.2 Å². The molecule has 3 unspecified atom stereocenters. The molecular formula is C15H18O3. The fourth-order valence-electron chi connectivity index (χ4n) is 2.62. The molecule has 1 aromatic heterocycles. The van der Waals surface area contributed by atoms with Crippen LogP contribution in [0.1, 0.15) is 37.2 Å². The lowest BCUT2D eigenvalue weighted by atomic mass is 10.1. The molecule has 96 valence electrons. The summed E-state index contributed by atoms with van der Waals surface area (Å²) in [5, 5.41) is 11.3. The molecule has 0 aliphatic carbocycles. The van der Waals surface area contributed by atoms with Crippen LogP contribution in [-0.2, 0) is 4.74 Å². The van der Waals surface area contributed by atoms with Gasteiger partial charge in [-0.2, -0.15) is 0 Å². The molecule has 0 amide bonds. The molecule has 3 heteroatoms. The summed E-state index contributed by atoms with van der Waals surface area (Å²) in [6.07, 6.45) is 1.32. The third-order valence-corrected chi connectivity index (χ3v) is 3.67. The molecule has 0 bridgehead atoms. The quantitative estimate of drug-likeness (QED) is 0.883. The molecule has 1 N–H and O–H groups in total. The second-order valence-corrected chi connectivity index (χ2v) is 5.15. The van der Waals surface area contributed by atoms with E-state index >= 15 is 0 Å². The largest absolute Gasteiger partial charge is 0.458 e. The van der Waals surface area contributed by atoms with E-state index in [1.165, 1.54) is 0 Å². The van der Waals surface area contributed by atoms with Gasteiger partial charge in [0.15, 0.2) is 0 Å². The lowest BCUT2D eigenvalue weighted by molar-refractivity contribution is -0.0374. The number of aliphatic hydroxyl groups is 1. The van der Waals surface area contributed by atoms with Gasteiger partial charge in [-0.25, -0.2) is 0 Å². The molecule has 0 spiro atoms. The van der Waals surface area contributed by atoms with E-state index in [2.05, 4.69) is 0 Å². The van der Waals surface area contributed by atoms with Gasteiger partial charge in [0, 0.05) is 5.39 Å². The summed E-state index contributed by atoms with van der Waals surface area (Å²) >= 11 is 0. The molecular weight excluding hydrogens is 228 g/mol. The Balaban J connectivity index is 1.92. The maximum absolute atomic E-state index is 10.3. The molecule has 0 saturated carbocycles. The number of ether oxygens (including phenoxy) is 1. The van der Waals surface area contributed by atoms with Gasteiger partial charge in [-0.3, -0.25) is 0 Å². The SMILES string of the molecule is Cc1cccc2cc(C(O)C3CCC(C)O3)oc12. The van der Waals surface area contributed by atoms with E-state index in [0.717, 1.165) is 29.4 Å². The molecule has 3 nitrogen and oxygen atoms in total. The molecule has 18 heavy (non-hydrogen) atoms. The average molecular weight is 246 g/mol. The summed E-state index contributed by atoms with van der Waals surface area (Å²) in [7, 11) is 0. The van der Waals surface area contributed by atoms with Crippen LogP contribution < -0.4 is 0 Å². The fraction of sp³-hybridized carbons (Fsp3) is 0.467. The van der Waals surface area contributed by atoms with Gasteiger partial charge in [0.2, 0.25) is 0 Å². The number of furan rings is 1. The van der Waals surface area contributed by atoms with Crippen molar-refractivity contribution in [1.82, 2.24) is 0 Å². The highest BCUT2D eigenvalue weighted by molar-refractivity contribution is 5.80. The third-order valence-electron chi connectivity index (χ3n) is 3.67. The van der Waals surface area contributed by atoms with Gasteiger partial charge in [0.1, 0.15) is 17.4 Å². The van der Waals surface area contributed by atoms with Crippen LogP contribution in [0.15, 0.2) is 28.7 Å². The summed E-state index contributed by atoms with van der Waals surface area (Å²) in [5.74, 6) is 0.610. The minimum Gasteiger partial charge on any atom is -0.458 e. The Morgan fingerprint density at radius 1 is 1.33 bits per heavy atom. The number of aliphatic hydroxyl groups excluding tert-OH is 1. The standard InChI is InChI=1S/C15H18O3/c1-9-4-3-5-11-8-13(18-15(9)11)14(16)12-7-6-10(2)17-12/h3-5,8,10,12,14,16H,6-7H2,1-2H3. The highest BCUT2D eigenvalue weighted by Gasteiger charge is 2.31. The highest BCUT2D eigenvalue weighted by Crippen LogP contribution is 2.33. The number of aryl methyl sites for hydroxylation is 1. The Labute approximate surface area is 106 Å². The summed E-state index contributed by atoms with van der Waals surface area (Å²) in [4.78, 5) is 0. The first-order valence-electron chi connectivity index (χ1n) is 6.48. The number of fused-ring (bicyclic) bond motifs is 1. The van der Waals surface area contributed by atoms with E-state index in [0.29, 0.717) is 5.76 Å². The van der Waals surface area contributed by atoms with Crippen molar-refractivity contribution in [2.45, 2.75) is 45.0 Å². The van der Waals surface area contributed by atoms with Crippen LogP contribution >= 0.6 is 0 Å². The summed E-state index contributed by atoms with van der Waals surface area (Å²) in [5.41, 5.74) is 1.95. The third kappa shape index (κ3) is 1.93. The van der Waals surface area contributed by atoms with E-state index < -0.39 is 6.10 Å². The first-order valence-corrected chi connectivity index (χ1v) is 6.48. The molecule has 1 fully saturated rings. The van der Waals surface area contributed by atoms with E-state index in [4.69, 9.17) is 9.15 Å². The van der Waals surface area contributed by atoms with Gasteiger partial charge in [-0.1, -0.05) is 18.2 Å². The van der Waals surface area contributed by atoms with Crippen molar-refractivity contribution in [3.05, 3.63) is 35.6 Å². The lowest BCUT2D eigenvalue weighted by Crippen LogP contribution is -2.18. The van der Waals surface area contributed by atoms with E-state index in [9.17, 15) is 5.11 Å². The lowest BCUT2D eigenvalue weighted by Gasteiger charge is -2.15. The number of para-hydroxylation sites is 1. The second kappa shape index (κ2) is 4.41. The smallest absolute Gasteiger partial charge is 0.138 e. The van der Waals surface area contributed by atoms with Crippen molar-refractivity contribution in [3.63, 3.8) is 0 Å². The van der Waals surface area contributed by atoms with Crippen LogP contribution in [0.25, 0.3) is 11.0 Å².